The van der Waals surface area contributed by atoms with Crippen molar-refractivity contribution in [3.63, 3.8) is 0 Å². The van der Waals surface area contributed by atoms with Gasteiger partial charge in [0, 0.05) is 6.20 Å². The number of halogens is 2. The van der Waals surface area contributed by atoms with Crippen molar-refractivity contribution >= 4 is 34.2 Å². The minimum Gasteiger partial charge on any atom is -0.386 e. The lowest BCUT2D eigenvalue weighted by Gasteiger charge is -2.29. The maximum Gasteiger partial charge on any atom is 0.260 e. The summed E-state index contributed by atoms with van der Waals surface area (Å²) < 4.78 is 7.30. The second kappa shape index (κ2) is 6.84. The zero-order valence-corrected chi connectivity index (χ0v) is 16.1. The van der Waals surface area contributed by atoms with Gasteiger partial charge in [-0.25, -0.2) is 4.98 Å². The molecule has 0 unspecified atom stereocenters. The van der Waals surface area contributed by atoms with Gasteiger partial charge in [0.05, 0.1) is 21.8 Å². The van der Waals surface area contributed by atoms with E-state index in [0.29, 0.717) is 16.0 Å². The van der Waals surface area contributed by atoms with E-state index < -0.39 is 30.1 Å². The van der Waals surface area contributed by atoms with Gasteiger partial charge in [0.2, 0.25) is 0 Å². The van der Waals surface area contributed by atoms with Crippen molar-refractivity contribution in [2.45, 2.75) is 37.1 Å². The number of aromatic amines is 1. The van der Waals surface area contributed by atoms with Crippen LogP contribution >= 0.6 is 23.2 Å². The van der Waals surface area contributed by atoms with Gasteiger partial charge in [-0.05, 0) is 30.7 Å². The molecule has 8 nitrogen and oxygen atoms in total. The molecule has 0 amide bonds. The van der Waals surface area contributed by atoms with Gasteiger partial charge in [0.25, 0.3) is 5.56 Å². The average Bonchev–Trinajstić information content (AvgIpc) is 3.17. The Labute approximate surface area is 168 Å². The number of nitrogens with one attached hydrogen (secondary N) is 1. The third-order valence-corrected chi connectivity index (χ3v) is 5.83. The number of aliphatic hydroxyl groups is 3. The van der Waals surface area contributed by atoms with Gasteiger partial charge in [-0.2, -0.15) is 0 Å². The van der Waals surface area contributed by atoms with Gasteiger partial charge in [-0.3, -0.25) is 4.79 Å². The number of aliphatic hydroxyl groups excluding tert-OH is 2. The van der Waals surface area contributed by atoms with Crippen molar-refractivity contribution in [2.24, 2.45) is 0 Å². The van der Waals surface area contributed by atoms with Crippen LogP contribution in [0.25, 0.3) is 11.0 Å². The summed E-state index contributed by atoms with van der Waals surface area (Å²) in [5.41, 5.74) is -1.48. The van der Waals surface area contributed by atoms with Crippen molar-refractivity contribution in [2.75, 3.05) is 0 Å². The molecule has 28 heavy (non-hydrogen) atoms. The van der Waals surface area contributed by atoms with E-state index in [1.165, 1.54) is 42.2 Å². The van der Waals surface area contributed by atoms with Gasteiger partial charge < -0.3 is 29.6 Å². The van der Waals surface area contributed by atoms with Crippen molar-refractivity contribution in [3.8, 4) is 0 Å². The second-order valence-electron chi connectivity index (χ2n) is 6.93. The molecule has 0 spiro atoms. The Morgan fingerprint density at radius 2 is 2.07 bits per heavy atom. The van der Waals surface area contributed by atoms with Gasteiger partial charge in [-0.1, -0.05) is 29.3 Å². The SMILES string of the molecule is C[C@@]1(O)[C@@H]([C@H](O)c2ccc(Cl)c(Cl)c2)O[C@@H](n2ccc3c(=O)[nH]cnc32)[C@@H]1O. The molecule has 148 valence electrons. The third-order valence-electron chi connectivity index (χ3n) is 5.09. The summed E-state index contributed by atoms with van der Waals surface area (Å²) in [5, 5.41) is 33.3. The summed E-state index contributed by atoms with van der Waals surface area (Å²) in [4.78, 5) is 18.5. The van der Waals surface area contributed by atoms with Gasteiger partial charge in [-0.15, -0.1) is 0 Å². The molecule has 0 bridgehead atoms. The van der Waals surface area contributed by atoms with E-state index >= 15 is 0 Å². The monoisotopic (exact) mass is 425 g/mol. The minimum atomic E-state index is -1.80. The number of ether oxygens (including phenoxy) is 1. The maximum absolute atomic E-state index is 11.9. The Morgan fingerprint density at radius 1 is 1.32 bits per heavy atom. The average molecular weight is 426 g/mol. The fourth-order valence-electron chi connectivity index (χ4n) is 3.49. The van der Waals surface area contributed by atoms with Gasteiger partial charge >= 0.3 is 0 Å². The summed E-state index contributed by atoms with van der Waals surface area (Å²) >= 11 is 11.9. The topological polar surface area (TPSA) is 121 Å². The van der Waals surface area contributed by atoms with Crippen molar-refractivity contribution in [1.29, 1.82) is 0 Å². The summed E-state index contributed by atoms with van der Waals surface area (Å²) in [6.45, 7) is 1.37. The zero-order valence-electron chi connectivity index (χ0n) is 14.6. The predicted octanol–water partition coefficient (Wildman–Crippen LogP) is 1.77. The van der Waals surface area contributed by atoms with Crippen LogP contribution in [0.5, 0.6) is 0 Å². The zero-order chi connectivity index (χ0) is 20.2. The minimum absolute atomic E-state index is 0.243. The van der Waals surface area contributed by atoms with E-state index in [-0.39, 0.29) is 16.2 Å². The van der Waals surface area contributed by atoms with Crippen LogP contribution in [0.15, 0.2) is 41.6 Å². The first-order valence-electron chi connectivity index (χ1n) is 8.45. The normalized spacial score (nSPS) is 28.7. The first kappa shape index (κ1) is 19.4. The standard InChI is InChI=1S/C18H17Cl2N3O5/c1-18(27)13(25)17(23-5-4-9-15(23)21-7-22-16(9)26)28-14(18)12(24)8-2-3-10(19)11(20)6-8/h2-7,12-14,17,24-25,27H,1H3,(H,21,22,26)/t12-,13+,14-,17-,18+/m1/s1. The van der Waals surface area contributed by atoms with Crippen LogP contribution in [-0.4, -0.2) is 47.7 Å². The van der Waals surface area contributed by atoms with Crippen LogP contribution in [0.2, 0.25) is 10.0 Å². The summed E-state index contributed by atoms with van der Waals surface area (Å²) in [6.07, 6.45) is -2.16. The van der Waals surface area contributed by atoms with E-state index in [4.69, 9.17) is 27.9 Å². The second-order valence-corrected chi connectivity index (χ2v) is 7.74. The van der Waals surface area contributed by atoms with Crippen molar-refractivity contribution < 1.29 is 20.1 Å². The fraction of sp³-hybridized carbons (Fsp3) is 0.333. The Bertz CT molecular complexity index is 1100. The highest BCUT2D eigenvalue weighted by atomic mass is 35.5. The Kier molecular flexibility index (Phi) is 4.73. The number of hydrogen-bond donors (Lipinski definition) is 4. The highest BCUT2D eigenvalue weighted by Crippen LogP contribution is 2.43. The Hall–Kier alpha value is -1.94. The lowest BCUT2D eigenvalue weighted by molar-refractivity contribution is -0.115. The number of benzene rings is 1. The fourth-order valence-corrected chi connectivity index (χ4v) is 3.80. The van der Waals surface area contributed by atoms with Crippen LogP contribution in [-0.2, 0) is 4.74 Å². The van der Waals surface area contributed by atoms with Crippen LogP contribution in [0.3, 0.4) is 0 Å². The van der Waals surface area contributed by atoms with Crippen molar-refractivity contribution in [1.82, 2.24) is 14.5 Å². The van der Waals surface area contributed by atoms with Gasteiger partial charge in [0.15, 0.2) is 6.23 Å². The molecule has 1 aromatic carbocycles. The molecule has 1 aliphatic rings. The molecule has 0 saturated carbocycles. The molecule has 5 atom stereocenters. The van der Waals surface area contributed by atoms with E-state index in [2.05, 4.69) is 9.97 Å². The number of aromatic nitrogens is 3. The molecule has 2 aromatic heterocycles. The number of fused-ring (bicyclic) bond motifs is 1. The van der Waals surface area contributed by atoms with E-state index in [1.54, 1.807) is 6.07 Å². The molecular weight excluding hydrogens is 409 g/mol. The molecule has 0 aliphatic carbocycles. The van der Waals surface area contributed by atoms with Crippen LogP contribution in [0.1, 0.15) is 24.8 Å². The predicted molar refractivity (Wildman–Crippen MR) is 102 cm³/mol. The Balaban J connectivity index is 1.72. The molecule has 3 heterocycles. The quantitative estimate of drug-likeness (QED) is 0.507. The van der Waals surface area contributed by atoms with E-state index in [1.807, 2.05) is 0 Å². The summed E-state index contributed by atoms with van der Waals surface area (Å²) in [7, 11) is 0. The lowest BCUT2D eigenvalue weighted by Crippen LogP contribution is -2.47. The molecular formula is C18H17Cl2N3O5. The number of hydrogen-bond acceptors (Lipinski definition) is 6. The molecule has 3 aromatic rings. The third kappa shape index (κ3) is 2.93. The number of rotatable bonds is 3. The van der Waals surface area contributed by atoms with Crippen molar-refractivity contribution in [3.05, 3.63) is 62.8 Å². The lowest BCUT2D eigenvalue weighted by atomic mass is 9.88. The van der Waals surface area contributed by atoms with Crippen LogP contribution in [0.4, 0.5) is 0 Å². The molecule has 1 fully saturated rings. The van der Waals surface area contributed by atoms with Crippen LogP contribution in [0, 0.1) is 0 Å². The largest absolute Gasteiger partial charge is 0.386 e. The highest BCUT2D eigenvalue weighted by molar-refractivity contribution is 6.42. The molecule has 1 aliphatic heterocycles. The smallest absolute Gasteiger partial charge is 0.260 e. The number of nitrogens with zero attached hydrogens (tertiary/aromatic N) is 2. The van der Waals surface area contributed by atoms with E-state index in [0.717, 1.165) is 0 Å². The first-order chi connectivity index (χ1) is 13.2. The maximum atomic E-state index is 11.9. The van der Waals surface area contributed by atoms with E-state index in [9.17, 15) is 20.1 Å². The summed E-state index contributed by atoms with van der Waals surface area (Å²) in [6, 6.07) is 6.09. The molecule has 1 saturated heterocycles. The molecule has 4 N–H and O–H groups in total. The Morgan fingerprint density at radius 3 is 2.79 bits per heavy atom. The first-order valence-corrected chi connectivity index (χ1v) is 9.20. The van der Waals surface area contributed by atoms with Gasteiger partial charge in [0.1, 0.15) is 29.6 Å². The molecule has 0 radical (unpaired) electrons. The molecule has 10 heteroatoms. The highest BCUT2D eigenvalue weighted by Gasteiger charge is 2.55. The van der Waals surface area contributed by atoms with Crippen LogP contribution < -0.4 is 5.56 Å². The summed E-state index contributed by atoms with van der Waals surface area (Å²) in [5.74, 6) is 0. The number of H-pyrrole nitrogens is 1. The molecule has 4 rings (SSSR count).